The van der Waals surface area contributed by atoms with Gasteiger partial charge in [-0.15, -0.1) is 0 Å². The smallest absolute Gasteiger partial charge is 0.411 e. The second-order valence-electron chi connectivity index (χ2n) is 2.40. The van der Waals surface area contributed by atoms with E-state index in [9.17, 15) is 4.79 Å². The standard InChI is InChI=1S/C7H10N2O3/c1-11-2-3-12-7(10)9-5-6(9)4-8/h6H,2-3,5H2,1H3. The number of nitriles is 1. The zero-order valence-corrected chi connectivity index (χ0v) is 6.82. The van der Waals surface area contributed by atoms with Crippen LogP contribution in [0.1, 0.15) is 0 Å². The van der Waals surface area contributed by atoms with E-state index in [1.54, 1.807) is 0 Å². The lowest BCUT2D eigenvalue weighted by atomic mass is 10.5. The van der Waals surface area contributed by atoms with Gasteiger partial charge in [0.2, 0.25) is 0 Å². The minimum absolute atomic E-state index is 0.240. The van der Waals surface area contributed by atoms with Crippen molar-refractivity contribution in [3.63, 3.8) is 0 Å². The van der Waals surface area contributed by atoms with Gasteiger partial charge in [-0.05, 0) is 0 Å². The summed E-state index contributed by atoms with van der Waals surface area (Å²) in [5.41, 5.74) is 0. The molecule has 1 aliphatic heterocycles. The molecule has 0 saturated carbocycles. The number of amides is 1. The summed E-state index contributed by atoms with van der Waals surface area (Å²) in [4.78, 5) is 12.3. The van der Waals surface area contributed by atoms with E-state index in [2.05, 4.69) is 4.74 Å². The lowest BCUT2D eigenvalue weighted by Gasteiger charge is -2.03. The van der Waals surface area contributed by atoms with Gasteiger partial charge in [-0.3, -0.25) is 4.90 Å². The van der Waals surface area contributed by atoms with Crippen molar-refractivity contribution in [3.8, 4) is 6.07 Å². The van der Waals surface area contributed by atoms with Gasteiger partial charge in [0, 0.05) is 7.11 Å². The Labute approximate surface area is 70.5 Å². The van der Waals surface area contributed by atoms with E-state index in [-0.39, 0.29) is 12.6 Å². The Bertz CT molecular complexity index is 211. The van der Waals surface area contributed by atoms with Crippen molar-refractivity contribution in [1.82, 2.24) is 4.90 Å². The maximum atomic E-state index is 10.9. The number of methoxy groups -OCH3 is 1. The molecule has 1 amide bonds. The molecular weight excluding hydrogens is 160 g/mol. The molecule has 1 atom stereocenters. The molecule has 5 nitrogen and oxygen atoms in total. The quantitative estimate of drug-likeness (QED) is 0.441. The van der Waals surface area contributed by atoms with E-state index < -0.39 is 6.09 Å². The molecule has 0 aromatic carbocycles. The van der Waals surface area contributed by atoms with E-state index in [0.29, 0.717) is 13.2 Å². The first-order valence-corrected chi connectivity index (χ1v) is 3.61. The predicted octanol–water partition coefficient (Wildman–Crippen LogP) is -0.0228. The zero-order valence-electron chi connectivity index (χ0n) is 6.82. The van der Waals surface area contributed by atoms with Crippen molar-refractivity contribution in [3.05, 3.63) is 0 Å². The summed E-state index contributed by atoms with van der Waals surface area (Å²) in [7, 11) is 1.53. The lowest BCUT2D eigenvalue weighted by Crippen LogP contribution is -2.17. The molecule has 1 heterocycles. The summed E-state index contributed by atoms with van der Waals surface area (Å²) in [6.07, 6.45) is -0.432. The topological polar surface area (TPSA) is 62.3 Å². The summed E-state index contributed by atoms with van der Waals surface area (Å²) in [5.74, 6) is 0. The van der Waals surface area contributed by atoms with Gasteiger partial charge in [-0.2, -0.15) is 5.26 Å². The Hall–Kier alpha value is -1.28. The third-order valence-corrected chi connectivity index (χ3v) is 1.51. The Balaban J connectivity index is 2.11. The Morgan fingerprint density at radius 1 is 1.75 bits per heavy atom. The summed E-state index contributed by atoms with van der Waals surface area (Å²) in [6.45, 7) is 1.11. The van der Waals surface area contributed by atoms with Crippen LogP contribution in [0.15, 0.2) is 0 Å². The average molecular weight is 170 g/mol. The van der Waals surface area contributed by atoms with Crippen LogP contribution in [0, 0.1) is 11.3 Å². The van der Waals surface area contributed by atoms with Crippen LogP contribution >= 0.6 is 0 Å². The number of rotatable bonds is 3. The normalized spacial score (nSPS) is 20.0. The van der Waals surface area contributed by atoms with Crippen molar-refractivity contribution < 1.29 is 14.3 Å². The summed E-state index contributed by atoms with van der Waals surface area (Å²) >= 11 is 0. The first-order valence-electron chi connectivity index (χ1n) is 3.61. The average Bonchev–Trinajstić information content (AvgIpc) is 2.83. The van der Waals surface area contributed by atoms with Gasteiger partial charge >= 0.3 is 6.09 Å². The number of hydrogen-bond donors (Lipinski definition) is 0. The van der Waals surface area contributed by atoms with Crippen LogP contribution in [-0.4, -0.2) is 43.9 Å². The van der Waals surface area contributed by atoms with Gasteiger partial charge in [0.05, 0.1) is 19.2 Å². The van der Waals surface area contributed by atoms with E-state index in [1.165, 1.54) is 12.0 Å². The third kappa shape index (κ3) is 2.10. The van der Waals surface area contributed by atoms with Crippen LogP contribution in [0.25, 0.3) is 0 Å². The molecule has 0 bridgehead atoms. The van der Waals surface area contributed by atoms with Crippen LogP contribution < -0.4 is 0 Å². The highest BCUT2D eigenvalue weighted by Crippen LogP contribution is 2.16. The summed E-state index contributed by atoms with van der Waals surface area (Å²) < 4.78 is 9.43. The summed E-state index contributed by atoms with van der Waals surface area (Å²) in [6, 6.07) is 1.68. The molecule has 1 fully saturated rings. The molecule has 1 aliphatic rings. The lowest BCUT2D eigenvalue weighted by molar-refractivity contribution is 0.0888. The molecule has 12 heavy (non-hydrogen) atoms. The van der Waals surface area contributed by atoms with Crippen molar-refractivity contribution in [2.45, 2.75) is 6.04 Å². The van der Waals surface area contributed by atoms with Gasteiger partial charge < -0.3 is 9.47 Å². The van der Waals surface area contributed by atoms with Crippen LogP contribution in [-0.2, 0) is 9.47 Å². The van der Waals surface area contributed by atoms with E-state index in [4.69, 9.17) is 10.00 Å². The van der Waals surface area contributed by atoms with Crippen LogP contribution in [0.3, 0.4) is 0 Å². The maximum Gasteiger partial charge on any atom is 0.411 e. The van der Waals surface area contributed by atoms with Crippen molar-refractivity contribution in [2.75, 3.05) is 26.9 Å². The van der Waals surface area contributed by atoms with E-state index in [1.807, 2.05) is 6.07 Å². The monoisotopic (exact) mass is 170 g/mol. The SMILES string of the molecule is COCCOC(=O)N1CC1C#N. The highest BCUT2D eigenvalue weighted by atomic mass is 16.6. The minimum atomic E-state index is -0.432. The number of carbonyl (C=O) groups excluding carboxylic acids is 1. The van der Waals surface area contributed by atoms with Crippen molar-refractivity contribution in [2.24, 2.45) is 0 Å². The van der Waals surface area contributed by atoms with Crippen LogP contribution in [0.2, 0.25) is 0 Å². The fraction of sp³-hybridized carbons (Fsp3) is 0.714. The number of hydrogen-bond acceptors (Lipinski definition) is 4. The van der Waals surface area contributed by atoms with Gasteiger partial charge in [0.15, 0.2) is 0 Å². The number of carbonyl (C=O) groups is 1. The number of nitrogens with zero attached hydrogens (tertiary/aromatic N) is 2. The molecule has 0 spiro atoms. The van der Waals surface area contributed by atoms with E-state index in [0.717, 1.165) is 0 Å². The maximum absolute atomic E-state index is 10.9. The molecule has 0 aromatic heterocycles. The summed E-state index contributed by atoms with van der Waals surface area (Å²) in [5, 5.41) is 8.37. The van der Waals surface area contributed by atoms with Gasteiger partial charge in [0.1, 0.15) is 12.6 Å². The molecule has 1 saturated heterocycles. The van der Waals surface area contributed by atoms with Crippen LogP contribution in [0.5, 0.6) is 0 Å². The zero-order chi connectivity index (χ0) is 8.97. The minimum Gasteiger partial charge on any atom is -0.447 e. The second kappa shape index (κ2) is 3.93. The second-order valence-corrected chi connectivity index (χ2v) is 2.40. The van der Waals surface area contributed by atoms with Crippen LogP contribution in [0.4, 0.5) is 4.79 Å². The Morgan fingerprint density at radius 2 is 2.50 bits per heavy atom. The molecule has 0 aromatic rings. The predicted molar refractivity (Wildman–Crippen MR) is 39.3 cm³/mol. The number of ether oxygens (including phenoxy) is 2. The molecule has 0 N–H and O–H groups in total. The Kier molecular flexibility index (Phi) is 2.88. The first kappa shape index (κ1) is 8.81. The molecule has 5 heteroatoms. The van der Waals surface area contributed by atoms with Gasteiger partial charge in [-0.1, -0.05) is 0 Å². The molecular formula is C7H10N2O3. The fourth-order valence-corrected chi connectivity index (χ4v) is 0.747. The first-order chi connectivity index (χ1) is 5.79. The molecule has 0 aliphatic carbocycles. The van der Waals surface area contributed by atoms with E-state index >= 15 is 0 Å². The highest BCUT2D eigenvalue weighted by molar-refractivity contribution is 5.71. The molecule has 66 valence electrons. The van der Waals surface area contributed by atoms with Crippen molar-refractivity contribution in [1.29, 1.82) is 5.26 Å². The third-order valence-electron chi connectivity index (χ3n) is 1.51. The van der Waals surface area contributed by atoms with Crippen molar-refractivity contribution >= 4 is 6.09 Å². The largest absolute Gasteiger partial charge is 0.447 e. The van der Waals surface area contributed by atoms with Gasteiger partial charge in [0.25, 0.3) is 0 Å². The fourth-order valence-electron chi connectivity index (χ4n) is 0.747. The molecule has 1 rings (SSSR count). The Morgan fingerprint density at radius 3 is 3.00 bits per heavy atom. The molecule has 1 unspecified atom stereocenters. The highest BCUT2D eigenvalue weighted by Gasteiger charge is 2.39. The molecule has 0 radical (unpaired) electrons. The van der Waals surface area contributed by atoms with Gasteiger partial charge in [-0.25, -0.2) is 4.79 Å².